The molecule has 252 valence electrons. The molecule has 0 radical (unpaired) electrons. The average Bonchev–Trinajstić information content (AvgIpc) is 3.78. The van der Waals surface area contributed by atoms with Crippen LogP contribution in [-0.2, 0) is 35.2 Å². The molecule has 0 saturated carbocycles. The van der Waals surface area contributed by atoms with E-state index in [0.717, 1.165) is 11.1 Å². The van der Waals surface area contributed by atoms with E-state index in [2.05, 4.69) is 5.32 Å². The quantitative estimate of drug-likeness (QED) is 0.305. The van der Waals surface area contributed by atoms with Gasteiger partial charge in [0.1, 0.15) is 18.2 Å². The van der Waals surface area contributed by atoms with Gasteiger partial charge in [0.05, 0.1) is 36.6 Å². The second-order valence-electron chi connectivity index (χ2n) is 12.9. The van der Waals surface area contributed by atoms with E-state index in [-0.39, 0.29) is 32.0 Å². The number of benzene rings is 3. The van der Waals surface area contributed by atoms with Crippen LogP contribution in [-0.4, -0.2) is 76.1 Å². The summed E-state index contributed by atoms with van der Waals surface area (Å²) in [5.41, 5.74) is 0.852. The summed E-state index contributed by atoms with van der Waals surface area (Å²) in [5, 5.41) is 13.9. The van der Waals surface area contributed by atoms with Crippen LogP contribution in [0.4, 0.5) is 0 Å². The summed E-state index contributed by atoms with van der Waals surface area (Å²) in [5.74, 6) is -3.65. The molecule has 5 bridgehead atoms. The van der Waals surface area contributed by atoms with Gasteiger partial charge in [-0.15, -0.1) is 0 Å². The molecule has 7 rings (SSSR count). The number of esters is 1. The van der Waals surface area contributed by atoms with Gasteiger partial charge in [0.25, 0.3) is 0 Å². The first-order valence-corrected chi connectivity index (χ1v) is 16.7. The van der Waals surface area contributed by atoms with Crippen LogP contribution in [0.2, 0.25) is 0 Å². The Morgan fingerprint density at radius 2 is 1.57 bits per heavy atom. The lowest BCUT2D eigenvalue weighted by Gasteiger charge is -2.39. The summed E-state index contributed by atoms with van der Waals surface area (Å²) in [7, 11) is 0. The van der Waals surface area contributed by atoms with Gasteiger partial charge in [0.15, 0.2) is 0 Å². The molecule has 0 aromatic heterocycles. The lowest BCUT2D eigenvalue weighted by Crippen LogP contribution is -2.56. The van der Waals surface area contributed by atoms with Crippen molar-refractivity contribution >= 4 is 23.7 Å². The number of hydrogen-bond donors (Lipinski definition) is 2. The van der Waals surface area contributed by atoms with Crippen LogP contribution in [0.3, 0.4) is 0 Å². The summed E-state index contributed by atoms with van der Waals surface area (Å²) in [6.45, 7) is -0.0816. The fourth-order valence-corrected chi connectivity index (χ4v) is 7.71. The fraction of sp³-hybridized carbons (Fsp3) is 0.333. The molecule has 2 fully saturated rings. The summed E-state index contributed by atoms with van der Waals surface area (Å²) in [6, 6.07) is 25.2. The molecule has 3 aromatic carbocycles. The van der Waals surface area contributed by atoms with Gasteiger partial charge in [-0.25, -0.2) is 0 Å². The Morgan fingerprint density at radius 1 is 0.878 bits per heavy atom. The van der Waals surface area contributed by atoms with E-state index >= 15 is 4.79 Å². The summed E-state index contributed by atoms with van der Waals surface area (Å²) in [6.07, 6.45) is 6.99. The van der Waals surface area contributed by atoms with E-state index in [0.29, 0.717) is 12.0 Å². The number of rotatable bonds is 6. The van der Waals surface area contributed by atoms with Crippen molar-refractivity contribution in [1.82, 2.24) is 15.1 Å². The molecule has 0 aliphatic carbocycles. The van der Waals surface area contributed by atoms with Crippen LogP contribution < -0.4 is 5.32 Å². The molecule has 4 aliphatic rings. The molecular formula is C39H39N3O7. The molecule has 2 saturated heterocycles. The standard InChI is InChI=1S/C39H39N3O7/c43-24-30(28-17-9-3-10-18-28)42-35-38(47)41(23-26-13-5-1-6-14-26)22-12-4-11-19-32(44)48-25-29(27-15-7-2-8-16-27)40-36(45)33-31-20-21-39(35,49-31)34(33)37(42)46/h1-10,12-18,20-21,29-31,33-35,43H,11,19,22-25H2,(H,40,45)/b12-4-/t29-,30-,31-,33+,34+,35-,39+/m1/s1. The van der Waals surface area contributed by atoms with Gasteiger partial charge in [-0.05, 0) is 23.1 Å². The molecule has 1 spiro atoms. The highest BCUT2D eigenvalue weighted by Gasteiger charge is 2.74. The van der Waals surface area contributed by atoms with E-state index in [1.807, 2.05) is 103 Å². The van der Waals surface area contributed by atoms with Crippen LogP contribution in [0.15, 0.2) is 115 Å². The van der Waals surface area contributed by atoms with E-state index in [1.54, 1.807) is 17.1 Å². The number of hydrogen-bond acceptors (Lipinski definition) is 7. The monoisotopic (exact) mass is 661 g/mol. The number of fused-ring (bicyclic) bond motifs is 2. The fourth-order valence-electron chi connectivity index (χ4n) is 7.71. The minimum absolute atomic E-state index is 0.0885. The molecule has 0 unspecified atom stereocenters. The van der Waals surface area contributed by atoms with Crippen molar-refractivity contribution in [3.63, 3.8) is 0 Å². The number of carbonyl (C=O) groups excluding carboxylic acids is 4. The lowest BCUT2D eigenvalue weighted by molar-refractivity contribution is -0.151. The summed E-state index contributed by atoms with van der Waals surface area (Å²) in [4.78, 5) is 60.0. The molecule has 4 heterocycles. The van der Waals surface area contributed by atoms with E-state index in [1.165, 1.54) is 4.90 Å². The number of amides is 3. The molecule has 10 nitrogen and oxygen atoms in total. The largest absolute Gasteiger partial charge is 0.463 e. The zero-order valence-corrected chi connectivity index (χ0v) is 27.0. The number of nitrogens with zero attached hydrogens (tertiary/aromatic N) is 2. The third kappa shape index (κ3) is 6.06. The van der Waals surface area contributed by atoms with Crippen molar-refractivity contribution in [2.75, 3.05) is 19.8 Å². The van der Waals surface area contributed by atoms with Crippen molar-refractivity contribution in [1.29, 1.82) is 0 Å². The van der Waals surface area contributed by atoms with Crippen LogP contribution in [0.5, 0.6) is 0 Å². The van der Waals surface area contributed by atoms with Crippen molar-refractivity contribution in [3.05, 3.63) is 132 Å². The molecule has 2 N–H and O–H groups in total. The number of cyclic esters (lactones) is 1. The Bertz CT molecular complexity index is 1750. The Kier molecular flexibility index (Phi) is 9.16. The van der Waals surface area contributed by atoms with Crippen molar-refractivity contribution in [2.24, 2.45) is 11.8 Å². The number of allylic oxidation sites excluding steroid dienone is 1. The van der Waals surface area contributed by atoms with Gasteiger partial charge in [0.2, 0.25) is 17.7 Å². The first-order chi connectivity index (χ1) is 23.9. The smallest absolute Gasteiger partial charge is 0.306 e. The van der Waals surface area contributed by atoms with Crippen LogP contribution in [0.1, 0.15) is 41.6 Å². The predicted molar refractivity (Wildman–Crippen MR) is 179 cm³/mol. The lowest BCUT2D eigenvalue weighted by atomic mass is 9.74. The maximum atomic E-state index is 15.0. The third-order valence-corrected chi connectivity index (χ3v) is 10.0. The highest BCUT2D eigenvalue weighted by atomic mass is 16.5. The molecule has 7 atom stereocenters. The maximum Gasteiger partial charge on any atom is 0.306 e. The number of nitrogens with one attached hydrogen (secondary N) is 1. The third-order valence-electron chi connectivity index (χ3n) is 10.0. The van der Waals surface area contributed by atoms with E-state index in [9.17, 15) is 19.5 Å². The minimum atomic E-state index is -1.44. The Labute approximate surface area is 285 Å². The van der Waals surface area contributed by atoms with Crippen molar-refractivity contribution in [2.45, 2.75) is 49.2 Å². The molecule has 3 amide bonds. The van der Waals surface area contributed by atoms with Gasteiger partial charge >= 0.3 is 5.97 Å². The molecule has 4 aliphatic heterocycles. The minimum Gasteiger partial charge on any atom is -0.463 e. The number of likely N-dealkylation sites (tertiary alicyclic amines) is 1. The summed E-state index contributed by atoms with van der Waals surface area (Å²) >= 11 is 0. The Balaban J connectivity index is 1.33. The number of aliphatic hydroxyl groups excluding tert-OH is 1. The zero-order chi connectivity index (χ0) is 34.0. The van der Waals surface area contributed by atoms with Gasteiger partial charge in [-0.2, -0.15) is 0 Å². The topological polar surface area (TPSA) is 125 Å². The molecule has 10 heteroatoms. The summed E-state index contributed by atoms with van der Waals surface area (Å²) < 4.78 is 12.3. The molecule has 3 aromatic rings. The number of ether oxygens (including phenoxy) is 2. The van der Waals surface area contributed by atoms with Crippen LogP contribution in [0, 0.1) is 11.8 Å². The highest BCUT2D eigenvalue weighted by molar-refractivity contribution is 6.00. The second kappa shape index (κ2) is 13.8. The Hall–Kier alpha value is -5.06. The second-order valence-corrected chi connectivity index (χ2v) is 12.9. The van der Waals surface area contributed by atoms with Gasteiger partial charge in [-0.3, -0.25) is 19.2 Å². The Morgan fingerprint density at radius 3 is 2.29 bits per heavy atom. The van der Waals surface area contributed by atoms with E-state index < -0.39 is 66.1 Å². The number of carbonyl (C=O) groups is 4. The maximum absolute atomic E-state index is 15.0. The average molecular weight is 662 g/mol. The normalized spacial score (nSPS) is 29.8. The van der Waals surface area contributed by atoms with Gasteiger partial charge < -0.3 is 29.7 Å². The van der Waals surface area contributed by atoms with Crippen molar-refractivity contribution < 1.29 is 33.8 Å². The van der Waals surface area contributed by atoms with Crippen molar-refractivity contribution in [3.8, 4) is 0 Å². The molecule has 49 heavy (non-hydrogen) atoms. The van der Waals surface area contributed by atoms with Crippen LogP contribution in [0.25, 0.3) is 0 Å². The number of aliphatic hydroxyl groups is 1. The van der Waals surface area contributed by atoms with Gasteiger partial charge in [0, 0.05) is 19.5 Å². The molecular weight excluding hydrogens is 622 g/mol. The zero-order valence-electron chi connectivity index (χ0n) is 27.0. The SMILES string of the molecule is O=C1CC/C=C\CN(Cc2ccccc2)C(=O)[C@H]2N([C@H](CO)c3ccccc3)C(=O)[C@@H]3[C@@H](C(=O)N[C@@H](c4ccccc4)CO1)[C@H]1C=C[C@]32O1. The van der Waals surface area contributed by atoms with Gasteiger partial charge in [-0.1, -0.05) is 115 Å². The predicted octanol–water partition coefficient (Wildman–Crippen LogP) is 3.65. The van der Waals surface area contributed by atoms with Crippen LogP contribution >= 0.6 is 0 Å². The first kappa shape index (κ1) is 32.5. The first-order valence-electron chi connectivity index (χ1n) is 16.7. The van der Waals surface area contributed by atoms with E-state index in [4.69, 9.17) is 9.47 Å². The highest BCUT2D eigenvalue weighted by Crippen LogP contribution is 2.57.